The molecule has 5 N–H and O–H groups in total. The molecule has 36 nitrogen and oxygen atoms in total. The van der Waals surface area contributed by atoms with Gasteiger partial charge in [-0.1, -0.05) is 0 Å². The molecule has 0 aliphatic carbocycles. The van der Waals surface area contributed by atoms with Crippen molar-refractivity contribution >= 4 is 24.0 Å². The molecule has 0 saturated heterocycles. The summed E-state index contributed by atoms with van der Waals surface area (Å²) in [5.74, 6) is -0.948. The molecule has 0 rings (SSSR count). The van der Waals surface area contributed by atoms with Gasteiger partial charge in [-0.3, -0.25) is 14.4 Å². The highest BCUT2D eigenvalue weighted by Gasteiger charge is 2.34. The smallest absolute Gasteiger partial charge is 0.222 e. The summed E-state index contributed by atoms with van der Waals surface area (Å²) in [5.41, 5.74) is 4.08. The van der Waals surface area contributed by atoms with Crippen LogP contribution in [0.25, 0.3) is 0 Å². The quantitative estimate of drug-likeness (QED) is 0.0398. The summed E-state index contributed by atoms with van der Waals surface area (Å²) >= 11 is 0. The maximum atomic E-state index is 13.5. The van der Waals surface area contributed by atoms with E-state index in [0.717, 1.165) is 6.29 Å². The van der Waals surface area contributed by atoms with E-state index in [1.807, 2.05) is 0 Å². The summed E-state index contributed by atoms with van der Waals surface area (Å²) in [6, 6.07) is 0. The molecule has 0 radical (unpaired) electrons. The molecule has 1 unspecified atom stereocenters. The van der Waals surface area contributed by atoms with Crippen molar-refractivity contribution in [3.8, 4) is 0 Å². The molecule has 0 saturated carbocycles. The van der Waals surface area contributed by atoms with E-state index < -0.39 is 11.4 Å². The van der Waals surface area contributed by atoms with Crippen molar-refractivity contribution in [3.63, 3.8) is 0 Å². The zero-order valence-electron chi connectivity index (χ0n) is 62.9. The van der Waals surface area contributed by atoms with Crippen LogP contribution in [0.2, 0.25) is 0 Å². The van der Waals surface area contributed by atoms with E-state index in [2.05, 4.69) is 16.0 Å². The van der Waals surface area contributed by atoms with Gasteiger partial charge in [0.25, 0.3) is 0 Å². The van der Waals surface area contributed by atoms with Gasteiger partial charge in [0.15, 0.2) is 0 Å². The van der Waals surface area contributed by atoms with Crippen LogP contribution in [0, 0.1) is 0 Å². The number of methoxy groups -OCH3 is 2. The third-order valence-electron chi connectivity index (χ3n) is 13.0. The SMILES string of the molecule is COCCOCCOCCOCCOCCNC(=O)CCOCC(COCCC=O)(COCCC(=O)NCCOCCOCCOCCOCCOCCOCCOCCOC)NC(=O)CCOCCOCCOCCOCCOCCOCCOCCOCCOCCOCCOCCOCCN. The summed E-state index contributed by atoms with van der Waals surface area (Å²) in [5, 5.41) is 8.57. The van der Waals surface area contributed by atoms with E-state index in [1.54, 1.807) is 14.2 Å². The van der Waals surface area contributed by atoms with Gasteiger partial charge in [-0.2, -0.15) is 0 Å². The van der Waals surface area contributed by atoms with Crippen LogP contribution in [0.15, 0.2) is 0 Å². The lowest BCUT2D eigenvalue weighted by Crippen LogP contribution is -2.59. The Balaban J connectivity index is 4.51. The molecule has 0 bridgehead atoms. The number of nitrogens with two attached hydrogens (primary N) is 1. The number of amides is 3. The fourth-order valence-electron chi connectivity index (χ4n) is 7.79. The van der Waals surface area contributed by atoms with E-state index in [0.29, 0.717) is 291 Å². The number of rotatable bonds is 93. The Morgan fingerprint density at radius 1 is 0.250 bits per heavy atom. The molecule has 1 atom stereocenters. The molecule has 0 aromatic heterocycles. The maximum absolute atomic E-state index is 13.5. The average Bonchev–Trinajstić information content (AvgIpc) is 0.869. The number of hydrogen-bond acceptors (Lipinski definition) is 33. The van der Waals surface area contributed by atoms with Gasteiger partial charge in [-0.25, -0.2) is 0 Å². The first-order valence-corrected chi connectivity index (χ1v) is 36.4. The minimum atomic E-state index is -1.28. The second-order valence-electron chi connectivity index (χ2n) is 21.8. The van der Waals surface area contributed by atoms with Gasteiger partial charge in [-0.15, -0.1) is 0 Å². The highest BCUT2D eigenvalue weighted by Crippen LogP contribution is 2.11. The number of ether oxygens (including phenoxy) is 28. The fraction of sp³-hybridized carbons (Fsp3) is 0.941. The van der Waals surface area contributed by atoms with Crippen LogP contribution in [-0.2, 0) is 152 Å². The largest absolute Gasteiger partial charge is 0.382 e. The zero-order chi connectivity index (χ0) is 75.0. The summed E-state index contributed by atoms with van der Waals surface area (Å²) in [6.07, 6.45) is 0.815. The molecule has 104 heavy (non-hydrogen) atoms. The van der Waals surface area contributed by atoms with Gasteiger partial charge in [-0.05, 0) is 0 Å². The van der Waals surface area contributed by atoms with Crippen LogP contribution in [0.5, 0.6) is 0 Å². The van der Waals surface area contributed by atoms with Crippen LogP contribution in [0.1, 0.15) is 25.7 Å². The highest BCUT2D eigenvalue weighted by atomic mass is 16.6. The Labute approximate surface area is 617 Å². The second-order valence-corrected chi connectivity index (χ2v) is 21.8. The van der Waals surface area contributed by atoms with E-state index in [4.69, 9.17) is 138 Å². The standard InChI is InChI=1S/C68H134N4O32/c1-77-18-20-83-30-32-89-40-36-87-28-24-81-16-8-70-65(74)4-13-103-63-68(62-102-11-3-10-73,64-104-14-5-66(75)71-9-17-82-25-29-88-37-41-93-46-49-97-51-50-94-43-42-90-33-31-84-21-19-78-2)72-67(76)6-12-79-22-26-85-34-38-91-44-47-95-52-54-98-56-58-100-60-61-101-59-57-99-55-53-96-48-45-92-39-35-86-27-23-80-15-7-69/h10H,3-9,11-64,69H2,1-2H3,(H,70,74)(H,71,75)(H,72,76). The van der Waals surface area contributed by atoms with Gasteiger partial charge < -0.3 is 159 Å². The Hall–Kier alpha value is -3.08. The molecule has 0 aromatic rings. The summed E-state index contributed by atoms with van der Waals surface area (Å²) in [4.78, 5) is 50.2. The number of hydrogen-bond donors (Lipinski definition) is 4. The summed E-state index contributed by atoms with van der Waals surface area (Å²) in [7, 11) is 3.24. The van der Waals surface area contributed by atoms with Gasteiger partial charge >= 0.3 is 0 Å². The molecular formula is C68H134N4O32. The number of carbonyl (C=O) groups excluding carboxylic acids is 4. The lowest BCUT2D eigenvalue weighted by atomic mass is 10.0. The van der Waals surface area contributed by atoms with E-state index in [1.165, 1.54) is 0 Å². The first-order valence-electron chi connectivity index (χ1n) is 36.4. The average molecular weight is 1520 g/mol. The van der Waals surface area contributed by atoms with Crippen LogP contribution in [-0.4, -0.2) is 420 Å². The molecule has 3 amide bonds. The topological polar surface area (TPSA) is 389 Å². The predicted molar refractivity (Wildman–Crippen MR) is 376 cm³/mol. The van der Waals surface area contributed by atoms with E-state index in [-0.39, 0.29) is 123 Å². The second kappa shape index (κ2) is 88.8. The molecule has 0 aliphatic heterocycles. The number of aldehydes is 1. The van der Waals surface area contributed by atoms with Crippen LogP contribution in [0.3, 0.4) is 0 Å². The number of nitrogens with one attached hydrogen (secondary N) is 3. The minimum absolute atomic E-state index is 0.00531. The van der Waals surface area contributed by atoms with Gasteiger partial charge in [0.2, 0.25) is 17.7 Å². The van der Waals surface area contributed by atoms with Crippen molar-refractivity contribution in [3.05, 3.63) is 0 Å². The van der Waals surface area contributed by atoms with Crippen molar-refractivity contribution in [2.24, 2.45) is 5.73 Å². The Bertz CT molecular complexity index is 1740. The van der Waals surface area contributed by atoms with Crippen molar-refractivity contribution in [2.75, 3.05) is 391 Å². The van der Waals surface area contributed by atoms with Crippen molar-refractivity contribution in [2.45, 2.75) is 31.2 Å². The third-order valence-corrected chi connectivity index (χ3v) is 13.0. The van der Waals surface area contributed by atoms with Gasteiger partial charge in [0.05, 0.1) is 357 Å². The lowest BCUT2D eigenvalue weighted by molar-refractivity contribution is -0.131. The summed E-state index contributed by atoms with van der Waals surface area (Å²) < 4.78 is 154. The molecule has 36 heteroatoms. The van der Waals surface area contributed by atoms with Gasteiger partial charge in [0, 0.05) is 59.5 Å². The lowest BCUT2D eigenvalue weighted by Gasteiger charge is -2.34. The third kappa shape index (κ3) is 83.0. The monoisotopic (exact) mass is 1520 g/mol. The van der Waals surface area contributed by atoms with Crippen molar-refractivity contribution in [1.29, 1.82) is 0 Å². The Kier molecular flexibility index (Phi) is 86.2. The molecular weight excluding hydrogens is 1380 g/mol. The normalized spacial score (nSPS) is 12.2. The summed E-state index contributed by atoms with van der Waals surface area (Å²) in [6.45, 7) is 21.3. The molecule has 618 valence electrons. The minimum Gasteiger partial charge on any atom is -0.382 e. The van der Waals surface area contributed by atoms with Crippen molar-refractivity contribution < 1.29 is 152 Å². The highest BCUT2D eigenvalue weighted by molar-refractivity contribution is 5.77. The molecule has 0 aliphatic rings. The maximum Gasteiger partial charge on any atom is 0.222 e. The molecule has 0 spiro atoms. The van der Waals surface area contributed by atoms with Crippen LogP contribution < -0.4 is 21.7 Å². The zero-order valence-corrected chi connectivity index (χ0v) is 62.9. The molecule has 0 aromatic carbocycles. The van der Waals surface area contributed by atoms with E-state index in [9.17, 15) is 19.2 Å². The number of carbonyl (C=O) groups is 4. The van der Waals surface area contributed by atoms with Crippen LogP contribution in [0.4, 0.5) is 0 Å². The Morgan fingerprint density at radius 3 is 0.673 bits per heavy atom. The first kappa shape index (κ1) is 101. The first-order chi connectivity index (χ1) is 51.4. The van der Waals surface area contributed by atoms with E-state index >= 15 is 0 Å². The predicted octanol–water partition coefficient (Wildman–Crippen LogP) is -1.48. The molecule has 0 heterocycles. The van der Waals surface area contributed by atoms with Crippen LogP contribution >= 0.6 is 0 Å². The molecule has 0 fully saturated rings. The Morgan fingerprint density at radius 2 is 0.442 bits per heavy atom. The van der Waals surface area contributed by atoms with Crippen molar-refractivity contribution in [1.82, 2.24) is 16.0 Å². The van der Waals surface area contributed by atoms with Gasteiger partial charge in [0.1, 0.15) is 11.8 Å². The fourth-order valence-corrected chi connectivity index (χ4v) is 7.79.